The first-order valence-electron chi connectivity index (χ1n) is 11.9. The number of thioether (sulfide) groups is 1. The second-order valence-electron chi connectivity index (χ2n) is 9.10. The molecule has 37 heavy (non-hydrogen) atoms. The summed E-state index contributed by atoms with van der Waals surface area (Å²) in [6.45, 7) is 0. The molecule has 6 rings (SSSR count). The van der Waals surface area contributed by atoms with Gasteiger partial charge in [-0.05, 0) is 71.9 Å². The summed E-state index contributed by atoms with van der Waals surface area (Å²) in [4.78, 5) is 18.6. The van der Waals surface area contributed by atoms with Crippen molar-refractivity contribution in [2.75, 3.05) is 0 Å². The number of halogens is 2. The summed E-state index contributed by atoms with van der Waals surface area (Å²) in [5.41, 5.74) is 7.80. The fourth-order valence-corrected chi connectivity index (χ4v) is 6.57. The minimum atomic E-state index is -0.343. The van der Waals surface area contributed by atoms with Gasteiger partial charge in [0.05, 0.1) is 22.4 Å². The van der Waals surface area contributed by atoms with E-state index in [2.05, 4.69) is 96.8 Å². The van der Waals surface area contributed by atoms with Gasteiger partial charge in [0.2, 0.25) is 0 Å². The third-order valence-electron chi connectivity index (χ3n) is 6.79. The van der Waals surface area contributed by atoms with Crippen LogP contribution in [0, 0.1) is 10.1 Å². The van der Waals surface area contributed by atoms with Crippen LogP contribution in [0.25, 0.3) is 11.8 Å². The SMILES string of the molecule is O=[N+]([O-])c1cccc(C2=CSC3=NC4=C(CCC/C4=C\c4ccc(Br)cc4)C(c4ccc(Br)cc4)N23)c1. The molecular weight excluding hydrogens is 614 g/mol. The normalized spacial score (nSPS) is 19.9. The molecule has 3 aromatic rings. The van der Waals surface area contributed by atoms with E-state index in [1.807, 2.05) is 6.07 Å². The van der Waals surface area contributed by atoms with E-state index in [1.54, 1.807) is 23.9 Å². The van der Waals surface area contributed by atoms with Crippen LogP contribution >= 0.6 is 43.6 Å². The van der Waals surface area contributed by atoms with E-state index >= 15 is 0 Å². The van der Waals surface area contributed by atoms with Crippen molar-refractivity contribution in [2.24, 2.45) is 4.99 Å². The lowest BCUT2D eigenvalue weighted by Crippen LogP contribution is -2.34. The molecule has 0 spiro atoms. The van der Waals surface area contributed by atoms with Crippen LogP contribution < -0.4 is 0 Å². The number of hydrogen-bond donors (Lipinski definition) is 0. The summed E-state index contributed by atoms with van der Waals surface area (Å²) in [5, 5.41) is 14.5. The number of non-ortho nitro benzene ring substituents is 1. The van der Waals surface area contributed by atoms with Crippen LogP contribution in [0.5, 0.6) is 0 Å². The van der Waals surface area contributed by atoms with Crippen LogP contribution in [0.1, 0.15) is 42.0 Å². The summed E-state index contributed by atoms with van der Waals surface area (Å²) >= 11 is 8.68. The first-order valence-corrected chi connectivity index (χ1v) is 14.4. The molecule has 8 heteroatoms. The Hall–Kier alpha value is -2.94. The molecule has 1 atom stereocenters. The Bertz CT molecular complexity index is 1530. The standard InChI is InChI=1S/C29H21Br2N3O2S/c30-22-11-7-18(8-12-22)15-21-4-2-6-25-27(21)32-29-33(28(25)19-9-13-23(31)14-10-19)26(17-37-29)20-3-1-5-24(16-20)34(35)36/h1,3,5,7-17,28H,2,4,6H2/b21-15+. The smallest absolute Gasteiger partial charge is 0.270 e. The van der Waals surface area contributed by atoms with Gasteiger partial charge >= 0.3 is 0 Å². The van der Waals surface area contributed by atoms with E-state index in [1.165, 1.54) is 22.8 Å². The zero-order valence-electron chi connectivity index (χ0n) is 19.6. The topological polar surface area (TPSA) is 58.7 Å². The average Bonchev–Trinajstić information content (AvgIpc) is 3.33. The Morgan fingerprint density at radius 2 is 1.73 bits per heavy atom. The molecule has 184 valence electrons. The van der Waals surface area contributed by atoms with Crippen LogP contribution in [0.15, 0.2) is 109 Å². The summed E-state index contributed by atoms with van der Waals surface area (Å²) in [6, 6.07) is 23.6. The van der Waals surface area contributed by atoms with Gasteiger partial charge in [-0.15, -0.1) is 0 Å². The molecule has 0 amide bonds. The van der Waals surface area contributed by atoms with Gasteiger partial charge in [-0.25, -0.2) is 4.99 Å². The van der Waals surface area contributed by atoms with Gasteiger partial charge in [0.1, 0.15) is 0 Å². The zero-order chi connectivity index (χ0) is 25.5. The maximum Gasteiger partial charge on any atom is 0.270 e. The minimum absolute atomic E-state index is 0.0373. The van der Waals surface area contributed by atoms with Crippen molar-refractivity contribution in [1.29, 1.82) is 0 Å². The Kier molecular flexibility index (Phi) is 6.65. The van der Waals surface area contributed by atoms with Crippen LogP contribution in [0.2, 0.25) is 0 Å². The van der Waals surface area contributed by atoms with E-state index in [0.29, 0.717) is 0 Å². The Balaban J connectivity index is 1.48. The highest BCUT2D eigenvalue weighted by Gasteiger charge is 2.40. The van der Waals surface area contributed by atoms with Crippen molar-refractivity contribution >= 4 is 66.2 Å². The summed E-state index contributed by atoms with van der Waals surface area (Å²) in [6.07, 6.45) is 5.24. The van der Waals surface area contributed by atoms with E-state index in [0.717, 1.165) is 55.9 Å². The third-order valence-corrected chi connectivity index (χ3v) is 8.68. The van der Waals surface area contributed by atoms with Gasteiger partial charge in [-0.3, -0.25) is 10.1 Å². The minimum Gasteiger partial charge on any atom is -0.308 e. The van der Waals surface area contributed by atoms with E-state index in [-0.39, 0.29) is 16.7 Å². The largest absolute Gasteiger partial charge is 0.308 e. The van der Waals surface area contributed by atoms with Crippen molar-refractivity contribution in [2.45, 2.75) is 25.3 Å². The number of nitrogens with zero attached hydrogens (tertiary/aromatic N) is 3. The molecule has 2 heterocycles. The number of nitro groups is 1. The monoisotopic (exact) mass is 633 g/mol. The Morgan fingerprint density at radius 1 is 1.00 bits per heavy atom. The zero-order valence-corrected chi connectivity index (χ0v) is 23.6. The van der Waals surface area contributed by atoms with Crippen molar-refractivity contribution in [3.63, 3.8) is 0 Å². The van der Waals surface area contributed by atoms with Gasteiger partial charge in [0.25, 0.3) is 5.69 Å². The van der Waals surface area contributed by atoms with Crippen molar-refractivity contribution in [1.82, 2.24) is 4.90 Å². The van der Waals surface area contributed by atoms with Crippen molar-refractivity contribution < 1.29 is 4.92 Å². The summed E-state index contributed by atoms with van der Waals surface area (Å²) < 4.78 is 2.09. The third kappa shape index (κ3) is 4.74. The molecule has 5 nitrogen and oxygen atoms in total. The molecule has 0 bridgehead atoms. The fraction of sp³-hybridized carbons (Fsp3) is 0.138. The number of rotatable bonds is 4. The van der Waals surface area contributed by atoms with Crippen LogP contribution in [-0.4, -0.2) is 15.0 Å². The predicted octanol–water partition coefficient (Wildman–Crippen LogP) is 9.10. The van der Waals surface area contributed by atoms with E-state index < -0.39 is 0 Å². The number of hydrogen-bond acceptors (Lipinski definition) is 5. The fourth-order valence-electron chi connectivity index (χ4n) is 5.11. The molecule has 0 radical (unpaired) electrons. The Labute approximate surface area is 236 Å². The molecule has 3 aliphatic rings. The quantitative estimate of drug-likeness (QED) is 0.212. The first kappa shape index (κ1) is 24.4. The maximum atomic E-state index is 11.5. The summed E-state index contributed by atoms with van der Waals surface area (Å²) in [5.74, 6) is 0. The number of fused-ring (bicyclic) bond motifs is 1. The molecule has 1 aliphatic carbocycles. The lowest BCUT2D eigenvalue weighted by molar-refractivity contribution is -0.384. The van der Waals surface area contributed by atoms with E-state index in [4.69, 9.17) is 4.99 Å². The van der Waals surface area contributed by atoms with Crippen molar-refractivity contribution in [3.05, 3.63) is 131 Å². The maximum absolute atomic E-state index is 11.5. The number of amidine groups is 1. The number of aliphatic imine (C=N–C) groups is 1. The lowest BCUT2D eigenvalue weighted by atomic mass is 9.83. The number of benzene rings is 3. The second-order valence-corrected chi connectivity index (χ2v) is 11.8. The molecule has 0 saturated heterocycles. The Morgan fingerprint density at radius 3 is 2.46 bits per heavy atom. The van der Waals surface area contributed by atoms with Crippen LogP contribution in [0.3, 0.4) is 0 Å². The average molecular weight is 635 g/mol. The molecule has 0 saturated carbocycles. The first-order chi connectivity index (χ1) is 18.0. The second kappa shape index (κ2) is 10.1. The van der Waals surface area contributed by atoms with Crippen LogP contribution in [0.4, 0.5) is 5.69 Å². The number of allylic oxidation sites excluding steroid dienone is 1. The van der Waals surface area contributed by atoms with Gasteiger partial charge in [0, 0.05) is 32.0 Å². The lowest BCUT2D eigenvalue weighted by Gasteiger charge is -2.40. The highest BCUT2D eigenvalue weighted by atomic mass is 79.9. The predicted molar refractivity (Wildman–Crippen MR) is 158 cm³/mol. The molecule has 2 aliphatic heterocycles. The molecular formula is C29H21Br2N3O2S. The molecule has 1 unspecified atom stereocenters. The highest BCUT2D eigenvalue weighted by Crippen LogP contribution is 2.51. The highest BCUT2D eigenvalue weighted by molar-refractivity contribution is 9.10. The van der Waals surface area contributed by atoms with E-state index in [9.17, 15) is 10.1 Å². The molecule has 0 fully saturated rings. The van der Waals surface area contributed by atoms with Gasteiger partial charge in [0.15, 0.2) is 5.17 Å². The molecule has 3 aromatic carbocycles. The van der Waals surface area contributed by atoms with Crippen LogP contribution in [-0.2, 0) is 0 Å². The van der Waals surface area contributed by atoms with Gasteiger partial charge in [-0.2, -0.15) is 0 Å². The molecule has 0 N–H and O–H groups in total. The van der Waals surface area contributed by atoms with Gasteiger partial charge < -0.3 is 4.90 Å². The van der Waals surface area contributed by atoms with Crippen molar-refractivity contribution in [3.8, 4) is 0 Å². The van der Waals surface area contributed by atoms with Gasteiger partial charge in [-0.1, -0.05) is 80.0 Å². The number of nitro benzene ring substituents is 1. The summed E-state index contributed by atoms with van der Waals surface area (Å²) in [7, 11) is 0. The molecule has 0 aromatic heterocycles.